The molecule has 0 aliphatic carbocycles. The summed E-state index contributed by atoms with van der Waals surface area (Å²) in [4.78, 5) is 81.1. The standard InChI is InChI=1S/C30H34I6N6O12/c1-41(5-11(47)7-43)29(53)17-19(31)15(21(33)25(23(17)35)39-13(49)9-45)27(51)37-3-4-38-28(52)16-20(32)18(30(54)42(2)6-12(48)8-44)24(36)26(22(16)34)40-14(50)10-46/h11-12,43-48H,3-10H2,1-2H3,(H,37,51)(H,38,52)(H,39,49)(H,40,50). The van der Waals surface area contributed by atoms with Crippen molar-refractivity contribution in [2.45, 2.75) is 12.2 Å². The van der Waals surface area contributed by atoms with Crippen molar-refractivity contribution in [2.75, 3.05) is 77.3 Å². The number of nitrogens with zero attached hydrogens (tertiary/aromatic N) is 2. The molecule has 0 spiro atoms. The van der Waals surface area contributed by atoms with Gasteiger partial charge in [-0.15, -0.1) is 0 Å². The van der Waals surface area contributed by atoms with Crippen molar-refractivity contribution >= 4 is 182 Å². The third-order valence-electron chi connectivity index (χ3n) is 7.11. The number of hydrogen-bond acceptors (Lipinski definition) is 12. The topological polar surface area (TPSA) is 278 Å². The van der Waals surface area contributed by atoms with Crippen molar-refractivity contribution < 1.29 is 59.4 Å². The molecular weight excluding hydrogens is 1400 g/mol. The van der Waals surface area contributed by atoms with Crippen LogP contribution in [0.15, 0.2) is 0 Å². The van der Waals surface area contributed by atoms with Crippen LogP contribution in [-0.4, -0.2) is 155 Å². The molecule has 0 bridgehead atoms. The molecule has 0 aliphatic rings. The number of anilines is 2. The summed E-state index contributed by atoms with van der Waals surface area (Å²) >= 11 is 10.9. The number of aliphatic hydroxyl groups is 6. The number of benzene rings is 2. The van der Waals surface area contributed by atoms with Crippen molar-refractivity contribution in [2.24, 2.45) is 0 Å². The molecule has 2 aromatic rings. The van der Waals surface area contributed by atoms with Gasteiger partial charge < -0.3 is 61.7 Å². The second-order valence-electron chi connectivity index (χ2n) is 11.1. The van der Waals surface area contributed by atoms with E-state index in [0.717, 1.165) is 9.80 Å². The molecule has 0 fully saturated rings. The molecule has 18 nitrogen and oxygen atoms in total. The first-order valence-electron chi connectivity index (χ1n) is 15.2. The maximum absolute atomic E-state index is 13.7. The molecule has 0 saturated heterocycles. The van der Waals surface area contributed by atoms with Gasteiger partial charge in [0.1, 0.15) is 13.2 Å². The third kappa shape index (κ3) is 12.5. The van der Waals surface area contributed by atoms with E-state index in [1.807, 2.05) is 136 Å². The Hall–Kier alpha value is -0.600. The van der Waals surface area contributed by atoms with Gasteiger partial charge in [0.2, 0.25) is 11.8 Å². The molecule has 0 aliphatic heterocycles. The van der Waals surface area contributed by atoms with E-state index in [2.05, 4.69) is 21.3 Å². The summed E-state index contributed by atoms with van der Waals surface area (Å²) < 4.78 is 1.41. The summed E-state index contributed by atoms with van der Waals surface area (Å²) in [6.07, 6.45) is -2.47. The van der Waals surface area contributed by atoms with Crippen LogP contribution in [-0.2, 0) is 9.59 Å². The van der Waals surface area contributed by atoms with Gasteiger partial charge in [-0.1, -0.05) is 0 Å². The Balaban J connectivity index is 2.47. The number of hydrogen-bond donors (Lipinski definition) is 10. The highest BCUT2D eigenvalue weighted by molar-refractivity contribution is 14.1. The van der Waals surface area contributed by atoms with Crippen LogP contribution in [0.1, 0.15) is 41.4 Å². The minimum atomic E-state index is -1.24. The molecule has 0 radical (unpaired) electrons. The minimum Gasteiger partial charge on any atom is -0.394 e. The number of amides is 6. The van der Waals surface area contributed by atoms with E-state index in [1.165, 1.54) is 14.1 Å². The quantitative estimate of drug-likeness (QED) is 0.0752. The first-order valence-corrected chi connectivity index (χ1v) is 21.6. The predicted octanol–water partition coefficient (Wildman–Crippen LogP) is 0.186. The van der Waals surface area contributed by atoms with Crippen LogP contribution in [0.25, 0.3) is 0 Å². The molecule has 2 atom stereocenters. The maximum atomic E-state index is 13.7. The molecule has 24 heteroatoms. The average molecular weight is 1430 g/mol. The molecule has 2 unspecified atom stereocenters. The fourth-order valence-electron chi connectivity index (χ4n) is 4.50. The first-order chi connectivity index (χ1) is 25.3. The summed E-state index contributed by atoms with van der Waals surface area (Å²) in [7, 11) is 2.77. The lowest BCUT2D eigenvalue weighted by molar-refractivity contribution is -0.119. The Kier molecular flexibility index (Phi) is 21.2. The van der Waals surface area contributed by atoms with Crippen molar-refractivity contribution in [1.29, 1.82) is 0 Å². The van der Waals surface area contributed by atoms with Crippen LogP contribution in [0.2, 0.25) is 0 Å². The van der Waals surface area contributed by atoms with Gasteiger partial charge in [0.25, 0.3) is 23.6 Å². The fraction of sp³-hybridized carbons (Fsp3) is 0.400. The van der Waals surface area contributed by atoms with Gasteiger partial charge in [-0.05, 0) is 136 Å². The number of likely N-dealkylation sites (N-methyl/N-ethyl adjacent to an activating group) is 2. The Bertz CT molecular complexity index is 1680. The third-order valence-corrected chi connectivity index (χ3v) is 13.6. The molecule has 10 N–H and O–H groups in total. The zero-order valence-electron chi connectivity index (χ0n) is 28.1. The lowest BCUT2D eigenvalue weighted by Gasteiger charge is -2.24. The number of halogens is 6. The SMILES string of the molecule is CN(CC(O)CO)C(=O)c1c(I)c(NC(=O)CO)c(I)c(C(=O)NCCNC(=O)c2c(I)c(NC(=O)CO)c(I)c(C(=O)N(C)CC(O)CO)c2I)c1I. The molecule has 2 aromatic carbocycles. The highest BCUT2D eigenvalue weighted by atomic mass is 127. The number of carbonyl (C=O) groups is 6. The second-order valence-corrected chi connectivity index (χ2v) is 17.6. The van der Waals surface area contributed by atoms with Gasteiger partial charge in [0, 0.05) is 47.4 Å². The molecule has 54 heavy (non-hydrogen) atoms. The van der Waals surface area contributed by atoms with Gasteiger partial charge >= 0.3 is 0 Å². The average Bonchev–Trinajstić information content (AvgIpc) is 3.12. The van der Waals surface area contributed by atoms with Gasteiger partial charge in [-0.2, -0.15) is 0 Å². The predicted molar refractivity (Wildman–Crippen MR) is 245 cm³/mol. The molecule has 0 heterocycles. The highest BCUT2D eigenvalue weighted by Crippen LogP contribution is 2.38. The fourth-order valence-corrected chi connectivity index (χ4v) is 13.3. The van der Waals surface area contributed by atoms with Crippen LogP contribution >= 0.6 is 136 Å². The minimum absolute atomic E-state index is 0.000211. The largest absolute Gasteiger partial charge is 0.394 e. The summed E-state index contributed by atoms with van der Waals surface area (Å²) in [6.45, 7) is -3.72. The van der Waals surface area contributed by atoms with Crippen molar-refractivity contribution in [3.05, 3.63) is 43.7 Å². The van der Waals surface area contributed by atoms with E-state index >= 15 is 0 Å². The number of rotatable bonds is 17. The van der Waals surface area contributed by atoms with E-state index in [1.54, 1.807) is 0 Å². The molecule has 2 rings (SSSR count). The van der Waals surface area contributed by atoms with E-state index in [-0.39, 0.29) is 81.2 Å². The van der Waals surface area contributed by atoms with E-state index < -0.39 is 74.1 Å². The lowest BCUT2D eigenvalue weighted by Crippen LogP contribution is -2.39. The van der Waals surface area contributed by atoms with Crippen LogP contribution in [0, 0.1) is 21.4 Å². The number of nitrogens with one attached hydrogen (secondary N) is 4. The summed E-state index contributed by atoms with van der Waals surface area (Å²) in [5.41, 5.74) is 0.208. The van der Waals surface area contributed by atoms with Crippen LogP contribution in [0.3, 0.4) is 0 Å². The Morgan fingerprint density at radius 3 is 1.11 bits per heavy atom. The van der Waals surface area contributed by atoms with Crippen LogP contribution in [0.5, 0.6) is 0 Å². The Labute approximate surface area is 390 Å². The van der Waals surface area contributed by atoms with Gasteiger partial charge in [-0.25, -0.2) is 0 Å². The number of aliphatic hydroxyl groups excluding tert-OH is 6. The van der Waals surface area contributed by atoms with Crippen molar-refractivity contribution in [3.63, 3.8) is 0 Å². The summed E-state index contributed by atoms with van der Waals surface area (Å²) in [6, 6.07) is 0. The molecule has 0 saturated carbocycles. The van der Waals surface area contributed by atoms with Gasteiger partial charge in [0.15, 0.2) is 0 Å². The zero-order chi connectivity index (χ0) is 41.2. The molecule has 6 amide bonds. The normalized spacial score (nSPS) is 12.0. The van der Waals surface area contributed by atoms with Crippen molar-refractivity contribution in [3.8, 4) is 0 Å². The van der Waals surface area contributed by atoms with Crippen LogP contribution in [0.4, 0.5) is 11.4 Å². The van der Waals surface area contributed by atoms with Gasteiger partial charge in [-0.3, -0.25) is 28.8 Å². The zero-order valence-corrected chi connectivity index (χ0v) is 41.1. The Morgan fingerprint density at radius 1 is 0.537 bits per heavy atom. The van der Waals surface area contributed by atoms with E-state index in [4.69, 9.17) is 0 Å². The van der Waals surface area contributed by atoms with E-state index in [9.17, 15) is 59.4 Å². The molecule has 298 valence electrons. The number of carbonyl (C=O) groups excluding carboxylic acids is 6. The maximum Gasteiger partial charge on any atom is 0.255 e. The molecular formula is C30H34I6N6O12. The summed E-state index contributed by atoms with van der Waals surface area (Å²) in [5.74, 6) is -4.23. The first kappa shape index (κ1) is 49.5. The highest BCUT2D eigenvalue weighted by Gasteiger charge is 2.32. The van der Waals surface area contributed by atoms with Crippen LogP contribution < -0.4 is 21.3 Å². The second kappa shape index (κ2) is 23.1. The van der Waals surface area contributed by atoms with Crippen molar-refractivity contribution in [1.82, 2.24) is 20.4 Å². The lowest BCUT2D eigenvalue weighted by atomic mass is 10.1. The Morgan fingerprint density at radius 2 is 0.833 bits per heavy atom. The van der Waals surface area contributed by atoms with E-state index in [0.29, 0.717) is 0 Å². The smallest absolute Gasteiger partial charge is 0.255 e. The van der Waals surface area contributed by atoms with Gasteiger partial charge in [0.05, 0.1) is 73.3 Å². The monoisotopic (exact) mass is 1430 g/mol. The molecule has 0 aromatic heterocycles. The summed E-state index contributed by atoms with van der Waals surface area (Å²) in [5, 5.41) is 67.4.